The van der Waals surface area contributed by atoms with Gasteiger partial charge in [-0.25, -0.2) is 4.98 Å². The Labute approximate surface area is 179 Å². The minimum absolute atomic E-state index is 0.0666. The monoisotopic (exact) mass is 427 g/mol. The topological polar surface area (TPSA) is 93.5 Å². The molecule has 0 bridgehead atoms. The van der Waals surface area contributed by atoms with Crippen molar-refractivity contribution in [2.45, 2.75) is 39.7 Å². The van der Waals surface area contributed by atoms with Crippen LogP contribution in [-0.4, -0.2) is 23.4 Å². The van der Waals surface area contributed by atoms with Crippen molar-refractivity contribution in [3.63, 3.8) is 0 Å². The van der Waals surface area contributed by atoms with Crippen LogP contribution in [0.5, 0.6) is 5.75 Å². The molecule has 0 aliphatic carbocycles. The van der Waals surface area contributed by atoms with Crippen LogP contribution in [0.2, 0.25) is 0 Å². The molecule has 158 valence electrons. The third-order valence-corrected chi connectivity index (χ3v) is 5.02. The van der Waals surface area contributed by atoms with Gasteiger partial charge in [0.05, 0.1) is 6.54 Å². The van der Waals surface area contributed by atoms with Gasteiger partial charge in [0.15, 0.2) is 17.5 Å². The van der Waals surface area contributed by atoms with E-state index in [1.807, 2.05) is 24.3 Å². The molecule has 1 aromatic carbocycles. The zero-order valence-corrected chi connectivity index (χ0v) is 18.3. The number of rotatable bonds is 7. The van der Waals surface area contributed by atoms with Gasteiger partial charge in [0.1, 0.15) is 17.2 Å². The summed E-state index contributed by atoms with van der Waals surface area (Å²) in [7, 11) is 0. The zero-order valence-electron chi connectivity index (χ0n) is 17.4. The van der Waals surface area contributed by atoms with Crippen molar-refractivity contribution in [1.29, 1.82) is 0 Å². The highest BCUT2D eigenvalue weighted by Crippen LogP contribution is 2.27. The van der Waals surface area contributed by atoms with Crippen LogP contribution in [-0.2, 0) is 21.5 Å². The van der Waals surface area contributed by atoms with E-state index < -0.39 is 0 Å². The minimum atomic E-state index is -0.290. The summed E-state index contributed by atoms with van der Waals surface area (Å²) in [6.07, 6.45) is 0. The summed E-state index contributed by atoms with van der Waals surface area (Å²) in [6, 6.07) is 11.3. The van der Waals surface area contributed by atoms with Crippen LogP contribution in [0.3, 0.4) is 0 Å². The number of benzene rings is 1. The molecule has 3 rings (SSSR count). The summed E-state index contributed by atoms with van der Waals surface area (Å²) in [4.78, 5) is 27.5. The van der Waals surface area contributed by atoms with Crippen LogP contribution in [0.1, 0.15) is 39.0 Å². The second kappa shape index (κ2) is 9.13. The lowest BCUT2D eigenvalue weighted by atomic mass is 9.87. The van der Waals surface area contributed by atoms with Crippen LogP contribution in [0, 0.1) is 0 Å². The number of thiazole rings is 1. The number of aromatic nitrogens is 1. The van der Waals surface area contributed by atoms with Gasteiger partial charge in [-0.05, 0) is 35.2 Å². The lowest BCUT2D eigenvalue weighted by Gasteiger charge is -2.19. The molecular weight excluding hydrogens is 402 g/mol. The van der Waals surface area contributed by atoms with Crippen LogP contribution in [0.25, 0.3) is 11.5 Å². The molecule has 0 spiro atoms. The Kier molecular flexibility index (Phi) is 6.56. The third kappa shape index (κ3) is 5.93. The SMILES string of the molecule is CC(=O)NCc1ccc(-c2csc(NC(=O)COc3ccc(C(C)(C)C)cc3)n2)o1. The van der Waals surface area contributed by atoms with Crippen molar-refractivity contribution < 1.29 is 18.7 Å². The number of carbonyl (C=O) groups is 2. The fraction of sp³-hybridized carbons (Fsp3) is 0.318. The van der Waals surface area contributed by atoms with Gasteiger partial charge in [-0.3, -0.25) is 14.9 Å². The van der Waals surface area contributed by atoms with E-state index in [0.717, 1.165) is 0 Å². The van der Waals surface area contributed by atoms with E-state index in [4.69, 9.17) is 9.15 Å². The molecule has 0 aliphatic rings. The average Bonchev–Trinajstić information content (AvgIpc) is 3.33. The smallest absolute Gasteiger partial charge is 0.264 e. The van der Waals surface area contributed by atoms with Gasteiger partial charge < -0.3 is 14.5 Å². The van der Waals surface area contributed by atoms with Gasteiger partial charge in [0.25, 0.3) is 5.91 Å². The lowest BCUT2D eigenvalue weighted by molar-refractivity contribution is -0.119. The van der Waals surface area contributed by atoms with Crippen molar-refractivity contribution in [2.75, 3.05) is 11.9 Å². The quantitative estimate of drug-likeness (QED) is 0.585. The lowest BCUT2D eigenvalue weighted by Crippen LogP contribution is -2.20. The molecule has 0 saturated heterocycles. The molecule has 3 aromatic rings. The van der Waals surface area contributed by atoms with Crippen molar-refractivity contribution in [2.24, 2.45) is 0 Å². The number of ether oxygens (including phenoxy) is 1. The number of nitrogens with one attached hydrogen (secondary N) is 2. The van der Waals surface area contributed by atoms with E-state index >= 15 is 0 Å². The summed E-state index contributed by atoms with van der Waals surface area (Å²) >= 11 is 1.30. The number of carbonyl (C=O) groups excluding carboxylic acids is 2. The van der Waals surface area contributed by atoms with E-state index in [0.29, 0.717) is 34.6 Å². The number of nitrogens with zero attached hydrogens (tertiary/aromatic N) is 1. The Hall–Kier alpha value is -3.13. The molecular formula is C22H25N3O4S. The molecule has 8 heteroatoms. The van der Waals surface area contributed by atoms with E-state index in [1.165, 1.54) is 23.8 Å². The number of anilines is 1. The van der Waals surface area contributed by atoms with E-state index in [9.17, 15) is 9.59 Å². The molecule has 0 aliphatic heterocycles. The highest BCUT2D eigenvalue weighted by atomic mass is 32.1. The average molecular weight is 428 g/mol. The number of hydrogen-bond donors (Lipinski definition) is 2. The highest BCUT2D eigenvalue weighted by Gasteiger charge is 2.14. The standard InChI is InChI=1S/C22H25N3O4S/c1-14(26)23-11-17-9-10-19(29-17)18-13-30-21(24-18)25-20(27)12-28-16-7-5-15(6-8-16)22(2,3)4/h5-10,13H,11-12H2,1-4H3,(H,23,26)(H,24,25,27). The molecule has 2 amide bonds. The molecule has 2 N–H and O–H groups in total. The summed E-state index contributed by atoms with van der Waals surface area (Å²) in [6.45, 7) is 8.09. The van der Waals surface area contributed by atoms with Gasteiger partial charge in [-0.2, -0.15) is 0 Å². The molecule has 0 fully saturated rings. The van der Waals surface area contributed by atoms with Gasteiger partial charge in [-0.15, -0.1) is 11.3 Å². The Bertz CT molecular complexity index is 1020. The first kappa shape index (κ1) is 21.6. The van der Waals surface area contributed by atoms with Gasteiger partial charge >= 0.3 is 0 Å². The minimum Gasteiger partial charge on any atom is -0.484 e. The molecule has 2 heterocycles. The molecule has 7 nitrogen and oxygen atoms in total. The maximum Gasteiger partial charge on any atom is 0.264 e. The van der Waals surface area contributed by atoms with E-state index in [1.54, 1.807) is 17.5 Å². The van der Waals surface area contributed by atoms with E-state index in [-0.39, 0.29) is 23.8 Å². The van der Waals surface area contributed by atoms with Gasteiger partial charge in [-0.1, -0.05) is 32.9 Å². The van der Waals surface area contributed by atoms with Gasteiger partial charge in [0.2, 0.25) is 5.91 Å². The number of furan rings is 1. The third-order valence-electron chi connectivity index (χ3n) is 4.27. The first-order valence-electron chi connectivity index (χ1n) is 9.53. The maximum atomic E-state index is 12.2. The van der Waals surface area contributed by atoms with Crippen molar-refractivity contribution in [1.82, 2.24) is 10.3 Å². The summed E-state index contributed by atoms with van der Waals surface area (Å²) in [5.41, 5.74) is 1.88. The largest absolute Gasteiger partial charge is 0.484 e. The predicted octanol–water partition coefficient (Wildman–Crippen LogP) is 4.35. The Balaban J connectivity index is 1.52. The van der Waals surface area contributed by atoms with Crippen molar-refractivity contribution >= 4 is 28.3 Å². The Morgan fingerprint density at radius 3 is 2.53 bits per heavy atom. The second-order valence-electron chi connectivity index (χ2n) is 7.82. The molecule has 0 radical (unpaired) electrons. The Morgan fingerprint density at radius 1 is 1.13 bits per heavy atom. The van der Waals surface area contributed by atoms with Crippen LogP contribution in [0.4, 0.5) is 5.13 Å². The predicted molar refractivity (Wildman–Crippen MR) is 117 cm³/mol. The normalized spacial score (nSPS) is 11.2. The molecule has 0 atom stereocenters. The Morgan fingerprint density at radius 2 is 1.87 bits per heavy atom. The first-order chi connectivity index (χ1) is 14.2. The van der Waals surface area contributed by atoms with Crippen LogP contribution in [0.15, 0.2) is 46.2 Å². The summed E-state index contributed by atoms with van der Waals surface area (Å²) in [5.74, 6) is 1.42. The number of amides is 2. The maximum absolute atomic E-state index is 12.2. The molecule has 2 aromatic heterocycles. The van der Waals surface area contributed by atoms with Crippen molar-refractivity contribution in [3.8, 4) is 17.2 Å². The molecule has 30 heavy (non-hydrogen) atoms. The van der Waals surface area contributed by atoms with Crippen LogP contribution >= 0.6 is 11.3 Å². The van der Waals surface area contributed by atoms with E-state index in [2.05, 4.69) is 36.4 Å². The summed E-state index contributed by atoms with van der Waals surface area (Å²) < 4.78 is 11.2. The number of hydrogen-bond acceptors (Lipinski definition) is 6. The van der Waals surface area contributed by atoms with Crippen LogP contribution < -0.4 is 15.4 Å². The zero-order chi connectivity index (χ0) is 21.7. The van der Waals surface area contributed by atoms with Crippen molar-refractivity contribution in [3.05, 3.63) is 53.1 Å². The second-order valence-corrected chi connectivity index (χ2v) is 8.68. The fourth-order valence-corrected chi connectivity index (χ4v) is 3.34. The first-order valence-corrected chi connectivity index (χ1v) is 10.4. The highest BCUT2D eigenvalue weighted by molar-refractivity contribution is 7.14. The molecule has 0 saturated carbocycles. The molecule has 0 unspecified atom stereocenters. The summed E-state index contributed by atoms with van der Waals surface area (Å²) in [5, 5.41) is 7.66. The van der Waals surface area contributed by atoms with Gasteiger partial charge in [0, 0.05) is 12.3 Å². The fourth-order valence-electron chi connectivity index (χ4n) is 2.62.